The lowest BCUT2D eigenvalue weighted by molar-refractivity contribution is -0.115. The summed E-state index contributed by atoms with van der Waals surface area (Å²) in [6.07, 6.45) is 1.78. The SMILES string of the molecule is CC(C)(C)c1ccc(OCCOc2ccc(Br)cc2/C=C2/SC(=S)NC2=O)cc1. The molecule has 0 spiro atoms. The average molecular weight is 492 g/mol. The average Bonchev–Trinajstić information content (AvgIpc) is 2.97. The largest absolute Gasteiger partial charge is 0.490 e. The van der Waals surface area contributed by atoms with Crippen molar-refractivity contribution in [3.8, 4) is 11.5 Å². The molecule has 0 atom stereocenters. The van der Waals surface area contributed by atoms with Gasteiger partial charge in [0.1, 0.15) is 29.0 Å². The minimum Gasteiger partial charge on any atom is -0.490 e. The number of thioether (sulfide) groups is 1. The quantitative estimate of drug-likeness (QED) is 0.319. The van der Waals surface area contributed by atoms with Crippen LogP contribution in [0.5, 0.6) is 11.5 Å². The molecule has 1 aliphatic heterocycles. The molecule has 29 heavy (non-hydrogen) atoms. The number of hydrogen-bond donors (Lipinski definition) is 1. The van der Waals surface area contributed by atoms with Crippen molar-refractivity contribution < 1.29 is 14.3 Å². The lowest BCUT2D eigenvalue weighted by Crippen LogP contribution is -2.17. The van der Waals surface area contributed by atoms with Crippen LogP contribution < -0.4 is 14.8 Å². The van der Waals surface area contributed by atoms with Gasteiger partial charge in [0.15, 0.2) is 0 Å². The minimum absolute atomic E-state index is 0.117. The number of ether oxygens (including phenoxy) is 2. The predicted octanol–water partition coefficient (Wildman–Crippen LogP) is 5.69. The lowest BCUT2D eigenvalue weighted by Gasteiger charge is -2.19. The van der Waals surface area contributed by atoms with E-state index in [2.05, 4.69) is 54.2 Å². The highest BCUT2D eigenvalue weighted by atomic mass is 79.9. The zero-order chi connectivity index (χ0) is 21.0. The van der Waals surface area contributed by atoms with Crippen LogP contribution in [0.2, 0.25) is 0 Å². The number of carbonyl (C=O) groups excluding carboxylic acids is 1. The Hall–Kier alpha value is -1.83. The Morgan fingerprint density at radius 1 is 1.10 bits per heavy atom. The molecule has 1 fully saturated rings. The van der Waals surface area contributed by atoms with Crippen LogP contribution in [0.3, 0.4) is 0 Å². The monoisotopic (exact) mass is 491 g/mol. The summed E-state index contributed by atoms with van der Waals surface area (Å²) >= 11 is 9.75. The van der Waals surface area contributed by atoms with Crippen LogP contribution in [0.15, 0.2) is 51.8 Å². The third kappa shape index (κ3) is 6.07. The first kappa shape index (κ1) is 21.9. The van der Waals surface area contributed by atoms with Gasteiger partial charge in [0.25, 0.3) is 5.91 Å². The Bertz CT molecular complexity index is 950. The Labute approximate surface area is 189 Å². The molecule has 0 bridgehead atoms. The van der Waals surface area contributed by atoms with Gasteiger partial charge in [-0.3, -0.25) is 4.79 Å². The maximum Gasteiger partial charge on any atom is 0.263 e. The van der Waals surface area contributed by atoms with Crippen LogP contribution in [0.25, 0.3) is 6.08 Å². The fourth-order valence-corrected chi connectivity index (χ4v) is 4.10. The molecule has 2 aromatic rings. The molecule has 0 aromatic heterocycles. The zero-order valence-electron chi connectivity index (χ0n) is 16.5. The number of nitrogens with one attached hydrogen (secondary N) is 1. The summed E-state index contributed by atoms with van der Waals surface area (Å²) in [6.45, 7) is 7.35. The molecular formula is C22H22BrNO3S2. The Morgan fingerprint density at radius 3 is 2.41 bits per heavy atom. The molecule has 0 aliphatic carbocycles. The normalized spacial score (nSPS) is 15.5. The summed E-state index contributed by atoms with van der Waals surface area (Å²) in [5.74, 6) is 1.30. The second kappa shape index (κ2) is 9.32. The predicted molar refractivity (Wildman–Crippen MR) is 127 cm³/mol. The van der Waals surface area contributed by atoms with Gasteiger partial charge in [-0.1, -0.05) is 72.8 Å². The summed E-state index contributed by atoms with van der Waals surface area (Å²) in [7, 11) is 0. The fraction of sp³-hybridized carbons (Fsp3) is 0.273. The van der Waals surface area contributed by atoms with Crippen molar-refractivity contribution in [1.29, 1.82) is 0 Å². The van der Waals surface area contributed by atoms with E-state index in [0.29, 0.717) is 28.2 Å². The van der Waals surface area contributed by atoms with Crippen molar-refractivity contribution in [2.45, 2.75) is 26.2 Å². The summed E-state index contributed by atoms with van der Waals surface area (Å²) in [6, 6.07) is 13.8. The molecule has 2 aromatic carbocycles. The molecular weight excluding hydrogens is 470 g/mol. The first-order valence-corrected chi connectivity index (χ1v) is 11.1. The summed E-state index contributed by atoms with van der Waals surface area (Å²) < 4.78 is 13.1. The molecule has 0 radical (unpaired) electrons. The molecule has 1 aliphatic rings. The fourth-order valence-electron chi connectivity index (χ4n) is 2.69. The highest BCUT2D eigenvalue weighted by Gasteiger charge is 2.22. The maximum absolute atomic E-state index is 11.9. The highest BCUT2D eigenvalue weighted by molar-refractivity contribution is 9.10. The van der Waals surface area contributed by atoms with Gasteiger partial charge in [-0.15, -0.1) is 0 Å². The van der Waals surface area contributed by atoms with Crippen LogP contribution in [0.1, 0.15) is 31.9 Å². The van der Waals surface area contributed by atoms with Gasteiger partial charge in [0.2, 0.25) is 0 Å². The number of halogens is 1. The van der Waals surface area contributed by atoms with Crippen molar-refractivity contribution in [3.63, 3.8) is 0 Å². The van der Waals surface area contributed by atoms with E-state index in [1.807, 2.05) is 30.3 Å². The van der Waals surface area contributed by atoms with Gasteiger partial charge in [0, 0.05) is 10.0 Å². The van der Waals surface area contributed by atoms with E-state index in [1.54, 1.807) is 6.08 Å². The first-order valence-electron chi connectivity index (χ1n) is 9.13. The molecule has 4 nitrogen and oxygen atoms in total. The number of carbonyl (C=O) groups is 1. The molecule has 152 valence electrons. The Balaban J connectivity index is 1.60. The van der Waals surface area contributed by atoms with E-state index in [-0.39, 0.29) is 11.3 Å². The van der Waals surface area contributed by atoms with Crippen LogP contribution in [0, 0.1) is 0 Å². The van der Waals surface area contributed by atoms with Crippen LogP contribution in [-0.2, 0) is 10.2 Å². The molecule has 1 saturated heterocycles. The molecule has 0 unspecified atom stereocenters. The van der Waals surface area contributed by atoms with Crippen molar-refractivity contribution in [3.05, 3.63) is 63.0 Å². The number of benzene rings is 2. The number of rotatable bonds is 6. The van der Waals surface area contributed by atoms with E-state index in [9.17, 15) is 4.79 Å². The van der Waals surface area contributed by atoms with Crippen molar-refractivity contribution >= 4 is 56.2 Å². The van der Waals surface area contributed by atoms with E-state index in [0.717, 1.165) is 15.8 Å². The maximum atomic E-state index is 11.9. The number of amides is 1. The Morgan fingerprint density at radius 2 is 1.79 bits per heavy atom. The second-order valence-electron chi connectivity index (χ2n) is 7.51. The Kier molecular flexibility index (Phi) is 7.03. The van der Waals surface area contributed by atoms with Crippen molar-refractivity contribution in [1.82, 2.24) is 5.32 Å². The standard InChI is InChI=1S/C22H22BrNO3S2/c1-22(2,3)15-4-7-17(8-5-15)26-10-11-27-18-9-6-16(23)12-14(18)13-19-20(25)24-21(28)29-19/h4-9,12-13H,10-11H2,1-3H3,(H,24,25,28)/b19-13+. The van der Waals surface area contributed by atoms with Gasteiger partial charge < -0.3 is 14.8 Å². The second-order valence-corrected chi connectivity index (χ2v) is 10.1. The van der Waals surface area contributed by atoms with Gasteiger partial charge in [-0.25, -0.2) is 0 Å². The van der Waals surface area contributed by atoms with Crippen molar-refractivity contribution in [2.24, 2.45) is 0 Å². The molecule has 3 rings (SSSR count). The minimum atomic E-state index is -0.187. The van der Waals surface area contributed by atoms with E-state index in [1.165, 1.54) is 17.3 Å². The summed E-state index contributed by atoms with van der Waals surface area (Å²) in [4.78, 5) is 12.5. The van der Waals surface area contributed by atoms with Gasteiger partial charge in [-0.2, -0.15) is 0 Å². The number of thiocarbonyl (C=S) groups is 1. The topological polar surface area (TPSA) is 47.6 Å². The lowest BCUT2D eigenvalue weighted by atomic mass is 9.87. The van der Waals surface area contributed by atoms with E-state index >= 15 is 0 Å². The molecule has 0 saturated carbocycles. The summed E-state index contributed by atoms with van der Waals surface area (Å²) in [5, 5.41) is 2.62. The molecule has 1 amide bonds. The third-order valence-electron chi connectivity index (χ3n) is 4.23. The van der Waals surface area contributed by atoms with Gasteiger partial charge in [-0.05, 0) is 47.4 Å². The highest BCUT2D eigenvalue weighted by Crippen LogP contribution is 2.31. The smallest absolute Gasteiger partial charge is 0.263 e. The van der Waals surface area contributed by atoms with Crippen molar-refractivity contribution in [2.75, 3.05) is 13.2 Å². The molecule has 1 heterocycles. The zero-order valence-corrected chi connectivity index (χ0v) is 19.7. The first-order chi connectivity index (χ1) is 13.7. The van der Waals surface area contributed by atoms with Gasteiger partial charge in [0.05, 0.1) is 4.91 Å². The van der Waals surface area contributed by atoms with E-state index in [4.69, 9.17) is 21.7 Å². The molecule has 1 N–H and O–H groups in total. The van der Waals surface area contributed by atoms with Gasteiger partial charge >= 0.3 is 0 Å². The molecule has 7 heteroatoms. The van der Waals surface area contributed by atoms with Crippen LogP contribution in [-0.4, -0.2) is 23.4 Å². The third-order valence-corrected chi connectivity index (χ3v) is 5.89. The van der Waals surface area contributed by atoms with Crippen LogP contribution >= 0.6 is 39.9 Å². The van der Waals surface area contributed by atoms with E-state index < -0.39 is 0 Å². The summed E-state index contributed by atoms with van der Waals surface area (Å²) in [5.41, 5.74) is 2.19. The van der Waals surface area contributed by atoms with Crippen LogP contribution in [0.4, 0.5) is 0 Å². The number of hydrogen-bond acceptors (Lipinski definition) is 5.